The van der Waals surface area contributed by atoms with E-state index in [-0.39, 0.29) is 0 Å². The first-order valence-electron chi connectivity index (χ1n) is 11.5. The van der Waals surface area contributed by atoms with Crippen molar-refractivity contribution < 1.29 is 9.47 Å². The summed E-state index contributed by atoms with van der Waals surface area (Å²) < 4.78 is 12.1. The van der Waals surface area contributed by atoms with Crippen LogP contribution in [0.25, 0.3) is 0 Å². The summed E-state index contributed by atoms with van der Waals surface area (Å²) in [7, 11) is 0. The quantitative estimate of drug-likeness (QED) is 0.465. The van der Waals surface area contributed by atoms with Crippen molar-refractivity contribution in [2.75, 3.05) is 26.3 Å². The fourth-order valence-electron chi connectivity index (χ4n) is 4.23. The van der Waals surface area contributed by atoms with Crippen LogP contribution < -0.4 is 10.6 Å². The van der Waals surface area contributed by atoms with Gasteiger partial charge in [-0.05, 0) is 44.4 Å². The smallest absolute Gasteiger partial charge is 0.0824 e. The van der Waals surface area contributed by atoms with Crippen LogP contribution >= 0.6 is 0 Å². The fraction of sp³-hybridized carbons (Fsp3) is 1.00. The van der Waals surface area contributed by atoms with E-state index in [9.17, 15) is 0 Å². The Balaban J connectivity index is 1.48. The monoisotopic (exact) mass is 368 g/mol. The predicted octanol–water partition coefficient (Wildman–Crippen LogP) is 4.63. The molecule has 2 N–H and O–H groups in total. The van der Waals surface area contributed by atoms with Crippen molar-refractivity contribution in [2.24, 2.45) is 5.92 Å². The van der Waals surface area contributed by atoms with Crippen molar-refractivity contribution in [1.82, 2.24) is 10.6 Å². The van der Waals surface area contributed by atoms with E-state index in [1.54, 1.807) is 0 Å². The largest absolute Gasteiger partial charge is 0.378 e. The van der Waals surface area contributed by atoms with E-state index in [4.69, 9.17) is 9.47 Å². The van der Waals surface area contributed by atoms with E-state index in [0.717, 1.165) is 32.2 Å². The number of nitrogens with one attached hydrogen (secondary N) is 2. The van der Waals surface area contributed by atoms with Gasteiger partial charge in [0, 0.05) is 26.3 Å². The van der Waals surface area contributed by atoms with Crippen LogP contribution in [0.4, 0.5) is 0 Å². The van der Waals surface area contributed by atoms with E-state index in [0.29, 0.717) is 18.4 Å². The van der Waals surface area contributed by atoms with Gasteiger partial charge in [0.1, 0.15) is 0 Å². The molecule has 1 aliphatic heterocycles. The van der Waals surface area contributed by atoms with E-state index in [1.165, 1.54) is 77.0 Å². The van der Waals surface area contributed by atoms with Gasteiger partial charge in [-0.25, -0.2) is 0 Å². The SMILES string of the molecule is CCCCCCCCOC1CNC(C2CCC(OCCCC)CC2)NC1. The zero-order chi connectivity index (χ0) is 18.5. The Bertz CT molecular complexity index is 324. The molecule has 0 radical (unpaired) electrons. The summed E-state index contributed by atoms with van der Waals surface area (Å²) >= 11 is 0. The Morgan fingerprint density at radius 1 is 0.654 bits per heavy atom. The number of unbranched alkanes of at least 4 members (excludes halogenated alkanes) is 6. The standard InChI is InChI=1S/C22H44N2O2/c1-3-5-7-8-9-10-16-26-21-17-23-22(24-18-21)19-11-13-20(14-12-19)25-15-6-4-2/h19-24H,3-18H2,1-2H3. The molecule has 2 fully saturated rings. The molecule has 0 aromatic carbocycles. The van der Waals surface area contributed by atoms with Crippen molar-refractivity contribution >= 4 is 0 Å². The lowest BCUT2D eigenvalue weighted by atomic mass is 9.84. The fourth-order valence-corrected chi connectivity index (χ4v) is 4.23. The van der Waals surface area contributed by atoms with E-state index < -0.39 is 0 Å². The zero-order valence-electron chi connectivity index (χ0n) is 17.4. The third-order valence-corrected chi connectivity index (χ3v) is 6.02. The van der Waals surface area contributed by atoms with Crippen LogP contribution in [0.2, 0.25) is 0 Å². The molecule has 1 heterocycles. The number of ether oxygens (including phenoxy) is 2. The minimum atomic E-state index is 0.343. The first kappa shape index (κ1) is 22.1. The maximum Gasteiger partial charge on any atom is 0.0824 e. The molecule has 2 rings (SSSR count). The van der Waals surface area contributed by atoms with Crippen LogP contribution in [0, 0.1) is 5.92 Å². The predicted molar refractivity (Wildman–Crippen MR) is 110 cm³/mol. The van der Waals surface area contributed by atoms with Crippen molar-refractivity contribution in [1.29, 1.82) is 0 Å². The lowest BCUT2D eigenvalue weighted by molar-refractivity contribution is -0.00251. The topological polar surface area (TPSA) is 42.5 Å². The summed E-state index contributed by atoms with van der Waals surface area (Å²) in [6, 6.07) is 0. The number of hydrogen-bond donors (Lipinski definition) is 2. The Morgan fingerprint density at radius 3 is 1.92 bits per heavy atom. The van der Waals surface area contributed by atoms with Gasteiger partial charge in [-0.15, -0.1) is 0 Å². The van der Waals surface area contributed by atoms with E-state index in [1.807, 2.05) is 0 Å². The van der Waals surface area contributed by atoms with E-state index in [2.05, 4.69) is 24.5 Å². The van der Waals surface area contributed by atoms with Crippen molar-refractivity contribution in [3.05, 3.63) is 0 Å². The first-order valence-corrected chi connectivity index (χ1v) is 11.5. The minimum absolute atomic E-state index is 0.343. The number of hydrogen-bond acceptors (Lipinski definition) is 4. The van der Waals surface area contributed by atoms with Crippen LogP contribution in [0.1, 0.15) is 90.9 Å². The molecule has 0 amide bonds. The van der Waals surface area contributed by atoms with Crippen LogP contribution in [0.3, 0.4) is 0 Å². The summed E-state index contributed by atoms with van der Waals surface area (Å²) in [6.45, 7) is 8.37. The Kier molecular flexibility index (Phi) is 11.9. The maximum atomic E-state index is 6.05. The molecule has 0 aromatic heterocycles. The second-order valence-corrected chi connectivity index (χ2v) is 8.32. The molecule has 1 saturated heterocycles. The molecule has 4 heteroatoms. The van der Waals surface area contributed by atoms with Crippen LogP contribution in [0.5, 0.6) is 0 Å². The van der Waals surface area contributed by atoms with Gasteiger partial charge in [-0.2, -0.15) is 0 Å². The normalized spacial score (nSPS) is 29.8. The molecular weight excluding hydrogens is 324 g/mol. The third-order valence-electron chi connectivity index (χ3n) is 6.02. The summed E-state index contributed by atoms with van der Waals surface area (Å²) in [5.41, 5.74) is 0. The summed E-state index contributed by atoms with van der Waals surface area (Å²) in [5.74, 6) is 0.751. The second kappa shape index (κ2) is 13.9. The van der Waals surface area contributed by atoms with Gasteiger partial charge in [-0.3, -0.25) is 10.6 Å². The number of rotatable bonds is 13. The molecule has 1 saturated carbocycles. The average molecular weight is 369 g/mol. The third kappa shape index (κ3) is 8.69. The van der Waals surface area contributed by atoms with Crippen molar-refractivity contribution in [3.8, 4) is 0 Å². The lowest BCUT2D eigenvalue weighted by Gasteiger charge is -2.39. The van der Waals surface area contributed by atoms with Gasteiger partial charge in [0.15, 0.2) is 0 Å². The lowest BCUT2D eigenvalue weighted by Crippen LogP contribution is -2.59. The molecular formula is C22H44N2O2. The van der Waals surface area contributed by atoms with Gasteiger partial charge in [0.2, 0.25) is 0 Å². The molecule has 0 atom stereocenters. The second-order valence-electron chi connectivity index (χ2n) is 8.32. The summed E-state index contributed by atoms with van der Waals surface area (Å²) in [6.07, 6.45) is 16.8. The highest BCUT2D eigenvalue weighted by Crippen LogP contribution is 2.28. The first-order chi connectivity index (χ1) is 12.8. The molecule has 154 valence electrons. The van der Waals surface area contributed by atoms with E-state index >= 15 is 0 Å². The van der Waals surface area contributed by atoms with Gasteiger partial charge < -0.3 is 9.47 Å². The molecule has 26 heavy (non-hydrogen) atoms. The highest BCUT2D eigenvalue weighted by molar-refractivity contribution is 4.86. The molecule has 4 nitrogen and oxygen atoms in total. The van der Waals surface area contributed by atoms with Crippen LogP contribution in [-0.2, 0) is 9.47 Å². The van der Waals surface area contributed by atoms with Crippen LogP contribution in [-0.4, -0.2) is 44.7 Å². The summed E-state index contributed by atoms with van der Waals surface area (Å²) in [5, 5.41) is 7.40. The van der Waals surface area contributed by atoms with Crippen LogP contribution in [0.15, 0.2) is 0 Å². The minimum Gasteiger partial charge on any atom is -0.378 e. The van der Waals surface area contributed by atoms with Crippen molar-refractivity contribution in [3.63, 3.8) is 0 Å². The van der Waals surface area contributed by atoms with Gasteiger partial charge >= 0.3 is 0 Å². The summed E-state index contributed by atoms with van der Waals surface area (Å²) in [4.78, 5) is 0. The zero-order valence-corrected chi connectivity index (χ0v) is 17.4. The molecule has 1 aliphatic carbocycles. The maximum absolute atomic E-state index is 6.05. The van der Waals surface area contributed by atoms with Gasteiger partial charge in [0.05, 0.1) is 18.4 Å². The van der Waals surface area contributed by atoms with Crippen molar-refractivity contribution in [2.45, 2.75) is 109 Å². The molecule has 0 spiro atoms. The molecule has 2 aliphatic rings. The molecule has 0 unspecified atom stereocenters. The average Bonchev–Trinajstić information content (AvgIpc) is 2.69. The highest BCUT2D eigenvalue weighted by atomic mass is 16.5. The Labute approximate surface area is 162 Å². The Hall–Kier alpha value is -0.160. The highest BCUT2D eigenvalue weighted by Gasteiger charge is 2.30. The molecule has 0 bridgehead atoms. The Morgan fingerprint density at radius 2 is 1.23 bits per heavy atom. The van der Waals surface area contributed by atoms with Gasteiger partial charge in [0.25, 0.3) is 0 Å². The van der Waals surface area contributed by atoms with Gasteiger partial charge in [-0.1, -0.05) is 52.4 Å². The molecule has 0 aromatic rings.